The zero-order chi connectivity index (χ0) is 27.4. The molecule has 4 N–H and O–H groups in total. The van der Waals surface area contributed by atoms with Gasteiger partial charge < -0.3 is 19.3 Å². The van der Waals surface area contributed by atoms with Gasteiger partial charge in [-0.25, -0.2) is 9.59 Å². The standard InChI is InChI=1S/C24H26N6O8/c25-21(13-27-9-7-15-1-3-17(29(33)34)11-19(15)27)37-23(31)5-6-24(32)38-22(26)14-28-10-8-16-2-4-18(30(35)36)12-20(16)28/h1-6,11-12,21-22H,7-10,13-14,25-26H2/b6-5+. The Hall–Kier alpha value is -4.56. The van der Waals surface area contributed by atoms with Gasteiger partial charge in [0.2, 0.25) is 0 Å². The third kappa shape index (κ3) is 6.22. The second-order valence-corrected chi connectivity index (χ2v) is 8.82. The van der Waals surface area contributed by atoms with Gasteiger partial charge in [-0.2, -0.15) is 0 Å². The number of nitro benzene ring substituents is 2. The third-order valence-electron chi connectivity index (χ3n) is 6.23. The lowest BCUT2D eigenvalue weighted by Crippen LogP contribution is -2.40. The lowest BCUT2D eigenvalue weighted by molar-refractivity contribution is -0.385. The highest BCUT2D eigenvalue weighted by Crippen LogP contribution is 2.32. The predicted molar refractivity (Wildman–Crippen MR) is 135 cm³/mol. The van der Waals surface area contributed by atoms with E-state index in [0.717, 1.165) is 23.3 Å². The summed E-state index contributed by atoms with van der Waals surface area (Å²) in [6.45, 7) is 1.35. The lowest BCUT2D eigenvalue weighted by Gasteiger charge is -2.23. The smallest absolute Gasteiger partial charge is 0.332 e. The van der Waals surface area contributed by atoms with Gasteiger partial charge >= 0.3 is 11.9 Å². The van der Waals surface area contributed by atoms with Gasteiger partial charge in [-0.15, -0.1) is 0 Å². The molecule has 2 aliphatic heterocycles. The maximum absolute atomic E-state index is 12.1. The predicted octanol–water partition coefficient (Wildman–Crippen LogP) is 1.14. The Kier molecular flexibility index (Phi) is 7.83. The quantitative estimate of drug-likeness (QED) is 0.147. The number of hydrogen-bond donors (Lipinski definition) is 2. The summed E-state index contributed by atoms with van der Waals surface area (Å²) in [6.07, 6.45) is 1.00. The van der Waals surface area contributed by atoms with Crippen molar-refractivity contribution in [1.29, 1.82) is 0 Å². The molecule has 0 radical (unpaired) electrons. The number of nitro groups is 2. The number of esters is 2. The van der Waals surface area contributed by atoms with Gasteiger partial charge in [0.15, 0.2) is 12.5 Å². The zero-order valence-corrected chi connectivity index (χ0v) is 20.2. The summed E-state index contributed by atoms with van der Waals surface area (Å²) in [5.74, 6) is -1.75. The molecule has 2 aliphatic rings. The van der Waals surface area contributed by atoms with Gasteiger partial charge in [-0.05, 0) is 24.0 Å². The van der Waals surface area contributed by atoms with Crippen molar-refractivity contribution < 1.29 is 28.9 Å². The molecule has 0 amide bonds. The molecule has 0 saturated heterocycles. The summed E-state index contributed by atoms with van der Waals surface area (Å²) in [4.78, 5) is 48.9. The Balaban J connectivity index is 1.24. The molecular formula is C24H26N6O8. The molecule has 0 spiro atoms. The van der Waals surface area contributed by atoms with Crippen LogP contribution in [0.15, 0.2) is 48.6 Å². The molecule has 38 heavy (non-hydrogen) atoms. The van der Waals surface area contributed by atoms with Crippen LogP contribution in [0.1, 0.15) is 11.1 Å². The van der Waals surface area contributed by atoms with Crippen molar-refractivity contribution in [1.82, 2.24) is 0 Å². The molecule has 2 aromatic rings. The SMILES string of the molecule is NC(CN1CCc2ccc([N+](=O)[O-])cc21)OC(=O)/C=C/C(=O)OC(N)CN1CCc2ccc([N+](=O)[O-])cc21. The molecule has 2 heterocycles. The van der Waals surface area contributed by atoms with E-state index in [2.05, 4.69) is 0 Å². The average Bonchev–Trinajstić information content (AvgIpc) is 3.45. The minimum absolute atomic E-state index is 0.0453. The number of non-ortho nitro benzene ring substituents is 2. The average molecular weight is 527 g/mol. The topological polar surface area (TPSA) is 197 Å². The van der Waals surface area contributed by atoms with Crippen LogP contribution >= 0.6 is 0 Å². The molecule has 14 heteroatoms. The molecule has 2 aromatic carbocycles. The molecule has 2 unspecified atom stereocenters. The highest BCUT2D eigenvalue weighted by atomic mass is 16.6. The number of carbonyl (C=O) groups excluding carboxylic acids is 2. The van der Waals surface area contributed by atoms with E-state index in [1.165, 1.54) is 24.3 Å². The maximum atomic E-state index is 12.1. The van der Waals surface area contributed by atoms with Crippen LogP contribution in [0.4, 0.5) is 22.7 Å². The van der Waals surface area contributed by atoms with Crippen LogP contribution < -0.4 is 21.3 Å². The van der Waals surface area contributed by atoms with Gasteiger partial charge in [0.05, 0.1) is 22.9 Å². The highest BCUT2D eigenvalue weighted by molar-refractivity contribution is 5.91. The zero-order valence-electron chi connectivity index (χ0n) is 20.2. The van der Waals surface area contributed by atoms with Crippen LogP contribution in [-0.4, -0.2) is 60.4 Å². The van der Waals surface area contributed by atoms with Crippen LogP contribution in [0, 0.1) is 20.2 Å². The summed E-state index contributed by atoms with van der Waals surface area (Å²) in [6, 6.07) is 9.17. The Morgan fingerprint density at radius 3 is 1.58 bits per heavy atom. The molecule has 0 aliphatic carbocycles. The molecule has 0 bridgehead atoms. The molecule has 14 nitrogen and oxygen atoms in total. The van der Waals surface area contributed by atoms with Crippen molar-refractivity contribution in [2.75, 3.05) is 36.0 Å². The Bertz CT molecular complexity index is 1200. The summed E-state index contributed by atoms with van der Waals surface area (Å²) >= 11 is 0. The van der Waals surface area contributed by atoms with E-state index in [1.54, 1.807) is 21.9 Å². The van der Waals surface area contributed by atoms with Crippen molar-refractivity contribution in [3.05, 3.63) is 79.9 Å². The highest BCUT2D eigenvalue weighted by Gasteiger charge is 2.26. The monoisotopic (exact) mass is 526 g/mol. The molecule has 0 fully saturated rings. The van der Waals surface area contributed by atoms with Gasteiger partial charge in [0, 0.05) is 60.9 Å². The van der Waals surface area contributed by atoms with Crippen molar-refractivity contribution in [3.8, 4) is 0 Å². The molecular weight excluding hydrogens is 500 g/mol. The summed E-state index contributed by atoms with van der Waals surface area (Å²) in [7, 11) is 0. The number of ether oxygens (including phenoxy) is 2. The van der Waals surface area contributed by atoms with Crippen molar-refractivity contribution >= 4 is 34.7 Å². The number of fused-ring (bicyclic) bond motifs is 2. The Morgan fingerprint density at radius 2 is 1.21 bits per heavy atom. The normalized spacial score (nSPS) is 15.6. The van der Waals surface area contributed by atoms with Gasteiger partial charge in [0.1, 0.15) is 0 Å². The second kappa shape index (κ2) is 11.2. The Morgan fingerprint density at radius 1 is 0.816 bits per heavy atom. The summed E-state index contributed by atoms with van der Waals surface area (Å²) in [5.41, 5.74) is 14.9. The van der Waals surface area contributed by atoms with E-state index < -0.39 is 34.2 Å². The van der Waals surface area contributed by atoms with Crippen LogP contribution in [0.25, 0.3) is 0 Å². The summed E-state index contributed by atoms with van der Waals surface area (Å²) < 4.78 is 10.2. The van der Waals surface area contributed by atoms with E-state index in [-0.39, 0.29) is 24.5 Å². The first-order valence-electron chi connectivity index (χ1n) is 11.8. The van der Waals surface area contributed by atoms with Crippen molar-refractivity contribution in [2.24, 2.45) is 11.5 Å². The molecule has 0 aromatic heterocycles. The second-order valence-electron chi connectivity index (χ2n) is 8.82. The van der Waals surface area contributed by atoms with E-state index >= 15 is 0 Å². The fourth-order valence-corrected chi connectivity index (χ4v) is 4.50. The van der Waals surface area contributed by atoms with Crippen LogP contribution in [0.3, 0.4) is 0 Å². The lowest BCUT2D eigenvalue weighted by atomic mass is 10.1. The molecule has 0 saturated carbocycles. The fourth-order valence-electron chi connectivity index (χ4n) is 4.50. The van der Waals surface area contributed by atoms with E-state index in [4.69, 9.17) is 20.9 Å². The number of benzene rings is 2. The van der Waals surface area contributed by atoms with E-state index in [1.807, 2.05) is 0 Å². The number of anilines is 2. The third-order valence-corrected chi connectivity index (χ3v) is 6.23. The van der Waals surface area contributed by atoms with Crippen LogP contribution in [0.2, 0.25) is 0 Å². The number of nitrogens with zero attached hydrogens (tertiary/aromatic N) is 4. The minimum Gasteiger partial charge on any atom is -0.442 e. The number of rotatable bonds is 10. The van der Waals surface area contributed by atoms with Crippen LogP contribution in [-0.2, 0) is 31.9 Å². The fraction of sp³-hybridized carbons (Fsp3) is 0.333. The number of carbonyl (C=O) groups is 2. The van der Waals surface area contributed by atoms with Crippen LogP contribution in [0.5, 0.6) is 0 Å². The molecule has 2 atom stereocenters. The van der Waals surface area contributed by atoms with E-state index in [9.17, 15) is 29.8 Å². The van der Waals surface area contributed by atoms with Crippen molar-refractivity contribution in [2.45, 2.75) is 25.3 Å². The first-order chi connectivity index (χ1) is 18.1. The number of hydrogen-bond acceptors (Lipinski definition) is 12. The summed E-state index contributed by atoms with van der Waals surface area (Å²) in [5, 5.41) is 22.1. The maximum Gasteiger partial charge on any atom is 0.332 e. The van der Waals surface area contributed by atoms with Gasteiger partial charge in [0.25, 0.3) is 11.4 Å². The van der Waals surface area contributed by atoms with Crippen molar-refractivity contribution in [3.63, 3.8) is 0 Å². The molecule has 200 valence electrons. The van der Waals surface area contributed by atoms with Gasteiger partial charge in [-0.1, -0.05) is 12.1 Å². The van der Waals surface area contributed by atoms with E-state index in [0.29, 0.717) is 37.3 Å². The molecule has 4 rings (SSSR count). The first-order valence-corrected chi connectivity index (χ1v) is 11.8. The minimum atomic E-state index is -1.05. The largest absolute Gasteiger partial charge is 0.442 e. The number of nitrogens with two attached hydrogens (primary N) is 2. The van der Waals surface area contributed by atoms with Gasteiger partial charge in [-0.3, -0.25) is 31.7 Å². The first kappa shape index (κ1) is 26.5. The Labute approximate surface area is 216 Å².